The van der Waals surface area contributed by atoms with Gasteiger partial charge in [-0.05, 0) is 31.0 Å². The van der Waals surface area contributed by atoms with Crippen molar-refractivity contribution in [3.05, 3.63) is 47.8 Å². The van der Waals surface area contributed by atoms with E-state index in [0.717, 1.165) is 12.0 Å². The Bertz CT molecular complexity index is 535. The molecule has 0 aliphatic carbocycles. The summed E-state index contributed by atoms with van der Waals surface area (Å²) in [4.78, 5) is 11.8. The van der Waals surface area contributed by atoms with Crippen molar-refractivity contribution in [3.8, 4) is 5.75 Å². The van der Waals surface area contributed by atoms with Gasteiger partial charge in [0.25, 0.3) is 5.91 Å². The molecule has 0 fully saturated rings. The third kappa shape index (κ3) is 3.85. The van der Waals surface area contributed by atoms with Gasteiger partial charge in [0.05, 0.1) is 12.2 Å². The quantitative estimate of drug-likeness (QED) is 0.848. The highest BCUT2D eigenvalue weighted by Gasteiger charge is 2.10. The predicted octanol–water partition coefficient (Wildman–Crippen LogP) is 2.23. The van der Waals surface area contributed by atoms with Gasteiger partial charge in [0, 0.05) is 11.8 Å². The molecule has 20 heavy (non-hydrogen) atoms. The number of ether oxygens (including phenoxy) is 1. The number of carbonyl (C=O) groups is 1. The highest BCUT2D eigenvalue weighted by atomic mass is 16.5. The number of rotatable bonds is 6. The fourth-order valence-corrected chi connectivity index (χ4v) is 1.83. The second kappa shape index (κ2) is 6.75. The van der Waals surface area contributed by atoms with E-state index in [9.17, 15) is 4.79 Å². The first-order chi connectivity index (χ1) is 9.69. The zero-order valence-corrected chi connectivity index (χ0v) is 11.7. The molecule has 5 heteroatoms. The smallest absolute Gasteiger partial charge is 0.258 e. The van der Waals surface area contributed by atoms with Gasteiger partial charge in [0.15, 0.2) is 6.61 Å². The van der Waals surface area contributed by atoms with Crippen molar-refractivity contribution < 1.29 is 9.53 Å². The third-order valence-electron chi connectivity index (χ3n) is 3.10. The van der Waals surface area contributed by atoms with Gasteiger partial charge in [-0.3, -0.25) is 9.89 Å². The number of nitrogens with one attached hydrogen (secondary N) is 2. The Hall–Kier alpha value is -2.30. The van der Waals surface area contributed by atoms with Gasteiger partial charge in [-0.25, -0.2) is 0 Å². The molecule has 1 atom stereocenters. The van der Waals surface area contributed by atoms with Gasteiger partial charge < -0.3 is 10.1 Å². The van der Waals surface area contributed by atoms with Crippen LogP contribution in [0, 0.1) is 0 Å². The maximum atomic E-state index is 11.8. The minimum absolute atomic E-state index is 0.00760. The molecule has 5 nitrogen and oxygen atoms in total. The summed E-state index contributed by atoms with van der Waals surface area (Å²) in [5.74, 6) is 0.548. The molecule has 2 aromatic rings. The number of hydrogen-bond acceptors (Lipinski definition) is 3. The summed E-state index contributed by atoms with van der Waals surface area (Å²) in [6.45, 7) is 4.01. The maximum absolute atomic E-state index is 11.8. The maximum Gasteiger partial charge on any atom is 0.258 e. The van der Waals surface area contributed by atoms with Crippen LogP contribution in [0.5, 0.6) is 5.75 Å². The van der Waals surface area contributed by atoms with Crippen LogP contribution in [0.15, 0.2) is 36.7 Å². The highest BCUT2D eigenvalue weighted by Crippen LogP contribution is 2.13. The number of carbonyl (C=O) groups excluding carboxylic acids is 1. The Kier molecular flexibility index (Phi) is 4.76. The van der Waals surface area contributed by atoms with E-state index in [1.54, 1.807) is 12.4 Å². The van der Waals surface area contributed by atoms with Gasteiger partial charge in [-0.2, -0.15) is 5.10 Å². The molecule has 0 radical (unpaired) electrons. The summed E-state index contributed by atoms with van der Waals surface area (Å²) in [7, 11) is 0. The molecule has 1 heterocycles. The van der Waals surface area contributed by atoms with E-state index in [4.69, 9.17) is 4.74 Å². The fraction of sp³-hybridized carbons (Fsp3) is 0.333. The third-order valence-corrected chi connectivity index (χ3v) is 3.10. The highest BCUT2D eigenvalue weighted by molar-refractivity contribution is 5.77. The van der Waals surface area contributed by atoms with Crippen molar-refractivity contribution in [2.45, 2.75) is 26.3 Å². The number of aryl methyl sites for hydroxylation is 1. The van der Waals surface area contributed by atoms with E-state index in [2.05, 4.69) is 22.4 Å². The summed E-state index contributed by atoms with van der Waals surface area (Å²) < 4.78 is 5.45. The van der Waals surface area contributed by atoms with Crippen LogP contribution < -0.4 is 10.1 Å². The lowest BCUT2D eigenvalue weighted by Gasteiger charge is -2.12. The average Bonchev–Trinajstić information content (AvgIpc) is 3.00. The fourth-order valence-electron chi connectivity index (χ4n) is 1.83. The van der Waals surface area contributed by atoms with Crippen LogP contribution in [0.4, 0.5) is 0 Å². The standard InChI is InChI=1S/C15H19N3O2/c1-3-12-4-6-14(7-5-12)20-10-15(19)18-11(2)13-8-16-17-9-13/h4-9,11H,3,10H2,1-2H3,(H,16,17)(H,18,19). The van der Waals surface area contributed by atoms with Crippen LogP contribution in [0.1, 0.15) is 31.0 Å². The SMILES string of the molecule is CCc1ccc(OCC(=O)NC(C)c2cn[nH]c2)cc1. The van der Waals surface area contributed by atoms with Gasteiger partial charge >= 0.3 is 0 Å². The molecule has 0 bridgehead atoms. The van der Waals surface area contributed by atoms with Gasteiger partial charge in [0.2, 0.25) is 0 Å². The normalized spacial score (nSPS) is 11.9. The number of H-pyrrole nitrogens is 1. The second-order valence-electron chi connectivity index (χ2n) is 4.61. The van der Waals surface area contributed by atoms with E-state index in [1.165, 1.54) is 5.56 Å². The lowest BCUT2D eigenvalue weighted by Crippen LogP contribution is -2.31. The first kappa shape index (κ1) is 14.1. The Morgan fingerprint density at radius 2 is 2.15 bits per heavy atom. The van der Waals surface area contributed by atoms with E-state index in [1.807, 2.05) is 31.2 Å². The molecule has 1 amide bonds. The molecular formula is C15H19N3O2. The Balaban J connectivity index is 1.79. The summed E-state index contributed by atoms with van der Waals surface area (Å²) in [6.07, 6.45) is 4.44. The Labute approximate surface area is 118 Å². The van der Waals surface area contributed by atoms with Crippen LogP contribution in [-0.2, 0) is 11.2 Å². The monoisotopic (exact) mass is 273 g/mol. The van der Waals surface area contributed by atoms with Crippen molar-refractivity contribution in [1.29, 1.82) is 0 Å². The largest absolute Gasteiger partial charge is 0.484 e. The van der Waals surface area contributed by atoms with Gasteiger partial charge in [-0.1, -0.05) is 19.1 Å². The molecule has 2 N–H and O–H groups in total. The molecule has 106 valence electrons. The molecule has 0 spiro atoms. The van der Waals surface area contributed by atoms with Crippen LogP contribution in [-0.4, -0.2) is 22.7 Å². The van der Waals surface area contributed by atoms with Crippen molar-refractivity contribution >= 4 is 5.91 Å². The molecule has 1 aromatic heterocycles. The molecule has 2 rings (SSSR count). The lowest BCUT2D eigenvalue weighted by molar-refractivity contribution is -0.123. The summed E-state index contributed by atoms with van der Waals surface area (Å²) in [5, 5.41) is 9.42. The predicted molar refractivity (Wildman–Crippen MR) is 76.5 cm³/mol. The lowest BCUT2D eigenvalue weighted by atomic mass is 10.2. The van der Waals surface area contributed by atoms with Crippen LogP contribution in [0.2, 0.25) is 0 Å². The van der Waals surface area contributed by atoms with Gasteiger partial charge in [-0.15, -0.1) is 0 Å². The minimum Gasteiger partial charge on any atom is -0.484 e. The van der Waals surface area contributed by atoms with Crippen molar-refractivity contribution in [1.82, 2.24) is 15.5 Å². The van der Waals surface area contributed by atoms with Crippen LogP contribution in [0.25, 0.3) is 0 Å². The molecule has 0 aliphatic rings. The number of aromatic amines is 1. The first-order valence-corrected chi connectivity index (χ1v) is 6.69. The van der Waals surface area contributed by atoms with Gasteiger partial charge in [0.1, 0.15) is 5.75 Å². The second-order valence-corrected chi connectivity index (χ2v) is 4.61. The van der Waals surface area contributed by atoms with E-state index in [0.29, 0.717) is 5.75 Å². The van der Waals surface area contributed by atoms with Crippen molar-refractivity contribution in [2.24, 2.45) is 0 Å². The number of amides is 1. The molecular weight excluding hydrogens is 254 g/mol. The average molecular weight is 273 g/mol. The Morgan fingerprint density at radius 3 is 2.75 bits per heavy atom. The summed E-state index contributed by atoms with van der Waals surface area (Å²) in [5.41, 5.74) is 2.18. The van der Waals surface area contributed by atoms with E-state index in [-0.39, 0.29) is 18.6 Å². The number of benzene rings is 1. The molecule has 0 saturated heterocycles. The number of aromatic nitrogens is 2. The molecule has 1 unspecified atom stereocenters. The van der Waals surface area contributed by atoms with Crippen molar-refractivity contribution in [2.75, 3.05) is 6.61 Å². The first-order valence-electron chi connectivity index (χ1n) is 6.69. The zero-order valence-electron chi connectivity index (χ0n) is 11.7. The molecule has 0 aliphatic heterocycles. The topological polar surface area (TPSA) is 67.0 Å². The molecule has 0 saturated carbocycles. The zero-order chi connectivity index (χ0) is 14.4. The Morgan fingerprint density at radius 1 is 1.40 bits per heavy atom. The van der Waals surface area contributed by atoms with E-state index >= 15 is 0 Å². The molecule has 1 aromatic carbocycles. The number of nitrogens with zero attached hydrogens (tertiary/aromatic N) is 1. The van der Waals surface area contributed by atoms with Crippen LogP contribution in [0.3, 0.4) is 0 Å². The summed E-state index contributed by atoms with van der Waals surface area (Å²) >= 11 is 0. The van der Waals surface area contributed by atoms with Crippen molar-refractivity contribution in [3.63, 3.8) is 0 Å². The minimum atomic E-state index is -0.154. The summed E-state index contributed by atoms with van der Waals surface area (Å²) in [6, 6.07) is 7.67. The van der Waals surface area contributed by atoms with E-state index < -0.39 is 0 Å². The number of hydrogen-bond donors (Lipinski definition) is 2. The van der Waals surface area contributed by atoms with Crippen LogP contribution >= 0.6 is 0 Å².